The maximum Gasteiger partial charge on any atom is 0.253 e. The Kier molecular flexibility index (Phi) is 4.71. The molecule has 4 heteroatoms. The number of nitrogens with one attached hydrogen (secondary N) is 1. The number of nitrogens with two attached hydrogens (primary N) is 1. The van der Waals surface area contributed by atoms with E-state index in [0.29, 0.717) is 23.5 Å². The molecule has 0 saturated heterocycles. The topological polar surface area (TPSA) is 64.3 Å². The lowest BCUT2D eigenvalue weighted by Crippen LogP contribution is -2.36. The maximum atomic E-state index is 12.3. The van der Waals surface area contributed by atoms with E-state index < -0.39 is 0 Å². The molecule has 2 aromatic rings. The van der Waals surface area contributed by atoms with Gasteiger partial charge in [-0.25, -0.2) is 0 Å². The molecule has 0 unspecified atom stereocenters. The molecule has 0 saturated carbocycles. The molecular weight excluding hydrogens is 276 g/mol. The van der Waals surface area contributed by atoms with E-state index in [1.54, 1.807) is 25.3 Å². The highest BCUT2D eigenvalue weighted by atomic mass is 16.5. The van der Waals surface area contributed by atoms with E-state index in [-0.39, 0.29) is 11.3 Å². The summed E-state index contributed by atoms with van der Waals surface area (Å²) in [6.07, 6.45) is 0. The summed E-state index contributed by atoms with van der Waals surface area (Å²) in [4.78, 5) is 12.3. The van der Waals surface area contributed by atoms with Crippen molar-refractivity contribution in [2.75, 3.05) is 19.4 Å². The lowest BCUT2D eigenvalue weighted by Gasteiger charge is -2.25. The number of carbonyl (C=O) groups excluding carboxylic acids is 1. The van der Waals surface area contributed by atoms with Gasteiger partial charge in [0.1, 0.15) is 5.75 Å². The fourth-order valence-corrected chi connectivity index (χ4v) is 2.26. The standard InChI is InChI=1S/C18H22N2O2/c1-18(2,13-7-5-4-6-8-13)12-20-17(21)15-10-9-14(22-3)11-16(15)19/h4-11H,12,19H2,1-3H3,(H,20,21). The molecular formula is C18H22N2O2. The second-order valence-corrected chi connectivity index (χ2v) is 5.89. The molecule has 2 aromatic carbocycles. The Balaban J connectivity index is 2.07. The lowest BCUT2D eigenvalue weighted by molar-refractivity contribution is 0.0946. The molecule has 1 amide bonds. The normalized spacial score (nSPS) is 11.0. The second-order valence-electron chi connectivity index (χ2n) is 5.89. The average molecular weight is 298 g/mol. The zero-order valence-corrected chi connectivity index (χ0v) is 13.2. The van der Waals surface area contributed by atoms with Crippen LogP contribution < -0.4 is 15.8 Å². The van der Waals surface area contributed by atoms with Gasteiger partial charge in [-0.3, -0.25) is 4.79 Å². The third-order valence-electron chi connectivity index (χ3n) is 3.75. The summed E-state index contributed by atoms with van der Waals surface area (Å²) >= 11 is 0. The number of anilines is 1. The average Bonchev–Trinajstić information content (AvgIpc) is 2.53. The molecule has 0 fully saturated rings. The Hall–Kier alpha value is -2.49. The van der Waals surface area contributed by atoms with Crippen molar-refractivity contribution in [3.63, 3.8) is 0 Å². The van der Waals surface area contributed by atoms with Gasteiger partial charge in [-0.15, -0.1) is 0 Å². The minimum atomic E-state index is -0.177. The third-order valence-corrected chi connectivity index (χ3v) is 3.75. The van der Waals surface area contributed by atoms with E-state index in [1.807, 2.05) is 18.2 Å². The van der Waals surface area contributed by atoms with Gasteiger partial charge in [0.2, 0.25) is 0 Å². The summed E-state index contributed by atoms with van der Waals surface area (Å²) < 4.78 is 5.09. The largest absolute Gasteiger partial charge is 0.497 e. The van der Waals surface area contributed by atoms with E-state index in [1.165, 1.54) is 5.56 Å². The molecule has 4 nitrogen and oxygen atoms in total. The van der Waals surface area contributed by atoms with Crippen LogP contribution in [-0.2, 0) is 5.41 Å². The van der Waals surface area contributed by atoms with Crippen molar-refractivity contribution >= 4 is 11.6 Å². The van der Waals surface area contributed by atoms with Crippen molar-refractivity contribution in [1.82, 2.24) is 5.32 Å². The van der Waals surface area contributed by atoms with Crippen LogP contribution in [0.15, 0.2) is 48.5 Å². The molecule has 0 aliphatic carbocycles. The molecule has 0 bridgehead atoms. The highest BCUT2D eigenvalue weighted by molar-refractivity contribution is 5.99. The summed E-state index contributed by atoms with van der Waals surface area (Å²) in [5.74, 6) is 0.461. The number of carbonyl (C=O) groups is 1. The summed E-state index contributed by atoms with van der Waals surface area (Å²) in [7, 11) is 1.57. The molecule has 0 aromatic heterocycles. The van der Waals surface area contributed by atoms with Crippen LogP contribution in [-0.4, -0.2) is 19.6 Å². The summed E-state index contributed by atoms with van der Waals surface area (Å²) in [5, 5.41) is 2.96. The van der Waals surface area contributed by atoms with Crippen molar-refractivity contribution in [2.24, 2.45) is 0 Å². The van der Waals surface area contributed by atoms with Crippen LogP contribution in [0.2, 0.25) is 0 Å². The summed E-state index contributed by atoms with van der Waals surface area (Å²) in [6.45, 7) is 4.72. The van der Waals surface area contributed by atoms with Crippen molar-refractivity contribution in [2.45, 2.75) is 19.3 Å². The van der Waals surface area contributed by atoms with E-state index >= 15 is 0 Å². The first kappa shape index (κ1) is 15.9. The third kappa shape index (κ3) is 3.58. The first-order valence-corrected chi connectivity index (χ1v) is 7.21. The van der Waals surface area contributed by atoms with Gasteiger partial charge in [-0.2, -0.15) is 0 Å². The van der Waals surface area contributed by atoms with Gasteiger partial charge < -0.3 is 15.8 Å². The fourth-order valence-electron chi connectivity index (χ4n) is 2.26. The maximum absolute atomic E-state index is 12.3. The first-order chi connectivity index (χ1) is 10.4. The Bertz CT molecular complexity index is 651. The number of hydrogen-bond donors (Lipinski definition) is 2. The monoisotopic (exact) mass is 298 g/mol. The Morgan fingerprint density at radius 1 is 1.18 bits per heavy atom. The SMILES string of the molecule is COc1ccc(C(=O)NCC(C)(C)c2ccccc2)c(N)c1. The zero-order valence-electron chi connectivity index (χ0n) is 13.2. The van der Waals surface area contributed by atoms with Gasteiger partial charge >= 0.3 is 0 Å². The Morgan fingerprint density at radius 2 is 1.86 bits per heavy atom. The highest BCUT2D eigenvalue weighted by Crippen LogP contribution is 2.23. The van der Waals surface area contributed by atoms with E-state index in [4.69, 9.17) is 10.5 Å². The lowest BCUT2D eigenvalue weighted by atomic mass is 9.84. The van der Waals surface area contributed by atoms with Crippen molar-refractivity contribution in [3.05, 3.63) is 59.7 Å². The number of hydrogen-bond acceptors (Lipinski definition) is 3. The molecule has 116 valence electrons. The van der Waals surface area contributed by atoms with E-state index in [2.05, 4.69) is 31.3 Å². The molecule has 0 atom stereocenters. The van der Waals surface area contributed by atoms with Crippen molar-refractivity contribution < 1.29 is 9.53 Å². The van der Waals surface area contributed by atoms with Crippen LogP contribution in [0.4, 0.5) is 5.69 Å². The number of rotatable bonds is 5. The Labute approximate surface area is 131 Å². The van der Waals surface area contributed by atoms with Crippen LogP contribution >= 0.6 is 0 Å². The van der Waals surface area contributed by atoms with Crippen LogP contribution in [0.25, 0.3) is 0 Å². The van der Waals surface area contributed by atoms with Crippen LogP contribution in [0.1, 0.15) is 29.8 Å². The van der Waals surface area contributed by atoms with Crippen LogP contribution in [0.3, 0.4) is 0 Å². The molecule has 3 N–H and O–H groups in total. The molecule has 0 heterocycles. The number of benzene rings is 2. The van der Waals surface area contributed by atoms with Crippen LogP contribution in [0, 0.1) is 0 Å². The summed E-state index contributed by atoms with van der Waals surface area (Å²) in [6, 6.07) is 15.2. The molecule has 22 heavy (non-hydrogen) atoms. The number of methoxy groups -OCH3 is 1. The molecule has 0 spiro atoms. The van der Waals surface area contributed by atoms with Crippen LogP contribution in [0.5, 0.6) is 5.75 Å². The van der Waals surface area contributed by atoms with Gasteiger partial charge in [-0.1, -0.05) is 44.2 Å². The molecule has 2 rings (SSSR count). The minimum Gasteiger partial charge on any atom is -0.497 e. The van der Waals surface area contributed by atoms with Gasteiger partial charge in [-0.05, 0) is 17.7 Å². The number of nitrogen functional groups attached to an aromatic ring is 1. The minimum absolute atomic E-state index is 0.155. The van der Waals surface area contributed by atoms with Gasteiger partial charge in [0.05, 0.1) is 12.7 Å². The van der Waals surface area contributed by atoms with E-state index in [0.717, 1.165) is 0 Å². The zero-order chi connectivity index (χ0) is 16.2. The number of ether oxygens (including phenoxy) is 1. The fraction of sp³-hybridized carbons (Fsp3) is 0.278. The van der Waals surface area contributed by atoms with Crippen molar-refractivity contribution in [1.29, 1.82) is 0 Å². The van der Waals surface area contributed by atoms with Gasteiger partial charge in [0.15, 0.2) is 0 Å². The number of amides is 1. The van der Waals surface area contributed by atoms with Crippen molar-refractivity contribution in [3.8, 4) is 5.75 Å². The van der Waals surface area contributed by atoms with Gasteiger partial charge in [0.25, 0.3) is 5.91 Å². The first-order valence-electron chi connectivity index (χ1n) is 7.21. The highest BCUT2D eigenvalue weighted by Gasteiger charge is 2.22. The summed E-state index contributed by atoms with van der Waals surface area (Å²) in [5.41, 5.74) is 7.81. The Morgan fingerprint density at radius 3 is 2.45 bits per heavy atom. The predicted molar refractivity (Wildman–Crippen MR) is 89.2 cm³/mol. The van der Waals surface area contributed by atoms with Gasteiger partial charge in [0, 0.05) is 23.7 Å². The van der Waals surface area contributed by atoms with E-state index in [9.17, 15) is 4.79 Å². The molecule has 0 radical (unpaired) electrons. The molecule has 0 aliphatic rings. The second kappa shape index (κ2) is 6.52. The smallest absolute Gasteiger partial charge is 0.253 e. The predicted octanol–water partition coefficient (Wildman–Crippen LogP) is 2.99. The quantitative estimate of drug-likeness (QED) is 0.834. The molecule has 0 aliphatic heterocycles.